The number of hydrogen-bond donors (Lipinski definition) is 0. The molecule has 2 amide bonds. The Morgan fingerprint density at radius 1 is 0.824 bits per heavy atom. The molecule has 1 saturated carbocycles. The summed E-state index contributed by atoms with van der Waals surface area (Å²) in [5.74, 6) is -2.86. The quantitative estimate of drug-likeness (QED) is 0.206. The Morgan fingerprint density at radius 2 is 1.44 bits per heavy atom. The summed E-state index contributed by atoms with van der Waals surface area (Å²) < 4.78 is 10.3. The van der Waals surface area contributed by atoms with E-state index in [-0.39, 0.29) is 46.8 Å². The number of imide groups is 1. The van der Waals surface area contributed by atoms with Gasteiger partial charge < -0.3 is 9.47 Å². The summed E-state index contributed by atoms with van der Waals surface area (Å²) in [5, 5.41) is 0. The maximum absolute atomic E-state index is 12.6. The molecule has 2 bridgehead atoms. The van der Waals surface area contributed by atoms with Crippen molar-refractivity contribution in [2.45, 2.75) is 6.42 Å². The summed E-state index contributed by atoms with van der Waals surface area (Å²) in [6.45, 7) is -1.02. The first-order chi connectivity index (χ1) is 16.4. The molecule has 3 aliphatic rings. The Kier molecular flexibility index (Phi) is 5.57. The van der Waals surface area contributed by atoms with Crippen molar-refractivity contribution in [2.24, 2.45) is 23.7 Å². The predicted molar refractivity (Wildman–Crippen MR) is 118 cm³/mol. The van der Waals surface area contributed by atoms with Gasteiger partial charge in [0.15, 0.2) is 12.4 Å². The molecule has 1 aliphatic heterocycles. The van der Waals surface area contributed by atoms with Gasteiger partial charge in [0.05, 0.1) is 17.4 Å². The van der Waals surface area contributed by atoms with Crippen molar-refractivity contribution >= 4 is 29.5 Å². The fourth-order valence-electron chi connectivity index (χ4n) is 4.97. The zero-order valence-electron chi connectivity index (χ0n) is 18.1. The highest BCUT2D eigenvalue weighted by atomic mass is 16.5. The molecule has 0 aromatic heterocycles. The van der Waals surface area contributed by atoms with Crippen LogP contribution in [0.1, 0.15) is 27.1 Å². The van der Waals surface area contributed by atoms with Gasteiger partial charge in [0.25, 0.3) is 0 Å². The second kappa shape index (κ2) is 8.70. The van der Waals surface area contributed by atoms with Gasteiger partial charge in [0.2, 0.25) is 11.8 Å². The number of carbonyl (C=O) groups excluding carboxylic acids is 5. The van der Waals surface area contributed by atoms with Crippen molar-refractivity contribution < 1.29 is 33.4 Å². The summed E-state index contributed by atoms with van der Waals surface area (Å²) in [7, 11) is 0. The van der Waals surface area contributed by atoms with E-state index < -0.39 is 30.9 Å². The lowest BCUT2D eigenvalue weighted by molar-refractivity contribution is -0.152. The summed E-state index contributed by atoms with van der Waals surface area (Å²) in [4.78, 5) is 63.0. The molecule has 2 fully saturated rings. The molecule has 2 aromatic carbocycles. The average molecular weight is 459 g/mol. The minimum Gasteiger partial charge on any atom is -0.456 e. The van der Waals surface area contributed by atoms with Gasteiger partial charge in [-0.15, -0.1) is 0 Å². The van der Waals surface area contributed by atoms with Crippen LogP contribution >= 0.6 is 0 Å². The molecule has 8 heteroatoms. The van der Waals surface area contributed by atoms with E-state index in [1.807, 2.05) is 12.2 Å². The fraction of sp³-hybridized carbons (Fsp3) is 0.269. The van der Waals surface area contributed by atoms with Crippen LogP contribution in [-0.2, 0) is 19.1 Å². The number of nitrogens with zero attached hydrogens (tertiary/aromatic N) is 1. The molecule has 0 spiro atoms. The third-order valence-electron chi connectivity index (χ3n) is 6.61. The number of fused-ring (bicyclic) bond motifs is 5. The number of esters is 2. The summed E-state index contributed by atoms with van der Waals surface area (Å²) >= 11 is 0. The highest BCUT2D eigenvalue weighted by Crippen LogP contribution is 2.52. The Labute approximate surface area is 195 Å². The topological polar surface area (TPSA) is 107 Å². The van der Waals surface area contributed by atoms with Crippen LogP contribution in [0, 0.1) is 23.7 Å². The van der Waals surface area contributed by atoms with Crippen molar-refractivity contribution in [2.75, 3.05) is 13.2 Å². The van der Waals surface area contributed by atoms with Gasteiger partial charge in [-0.3, -0.25) is 24.1 Å². The highest BCUT2D eigenvalue weighted by Gasteiger charge is 2.59. The number of carbonyl (C=O) groups is 5. The maximum Gasteiger partial charge on any atom is 0.343 e. The smallest absolute Gasteiger partial charge is 0.343 e. The van der Waals surface area contributed by atoms with E-state index in [9.17, 15) is 24.0 Å². The third-order valence-corrected chi connectivity index (χ3v) is 6.61. The van der Waals surface area contributed by atoms with E-state index >= 15 is 0 Å². The van der Waals surface area contributed by atoms with Crippen LogP contribution in [0.25, 0.3) is 0 Å². The molecule has 5 rings (SSSR count). The molecule has 1 heterocycles. The standard InChI is InChI=1S/C26H21NO7/c28-20(15-8-10-19(11-9-15)34-26(32)16-4-2-1-3-5-16)14-33-21(29)13-27-24(30)22-17-6-7-18(12-17)23(22)25(27)31/h1-11,17-18,22-23H,12-14H2. The molecular formula is C26H21NO7. The van der Waals surface area contributed by atoms with Gasteiger partial charge in [-0.05, 0) is 54.7 Å². The number of Topliss-reactive ketones (excluding diaryl/α,β-unsaturated/α-hetero) is 1. The van der Waals surface area contributed by atoms with Crippen LogP contribution in [0.2, 0.25) is 0 Å². The van der Waals surface area contributed by atoms with Crippen molar-refractivity contribution in [3.8, 4) is 5.75 Å². The van der Waals surface area contributed by atoms with Crippen LogP contribution in [0.15, 0.2) is 66.7 Å². The largest absolute Gasteiger partial charge is 0.456 e. The van der Waals surface area contributed by atoms with Crippen LogP contribution < -0.4 is 4.74 Å². The molecule has 0 N–H and O–H groups in total. The van der Waals surface area contributed by atoms with E-state index in [4.69, 9.17) is 9.47 Å². The van der Waals surface area contributed by atoms with Gasteiger partial charge in [-0.25, -0.2) is 4.79 Å². The molecule has 4 unspecified atom stereocenters. The lowest BCUT2D eigenvalue weighted by Crippen LogP contribution is -2.38. The SMILES string of the molecule is O=C(CN1C(=O)C2C3C=CC(C3)C2C1=O)OCC(=O)c1ccc(OC(=O)c2ccccc2)cc1. The first-order valence-corrected chi connectivity index (χ1v) is 11.0. The van der Waals surface area contributed by atoms with E-state index in [2.05, 4.69) is 0 Å². The minimum atomic E-state index is -0.816. The second-order valence-corrected chi connectivity index (χ2v) is 8.63. The number of amides is 2. The molecule has 172 valence electrons. The van der Waals surface area contributed by atoms with Crippen molar-refractivity contribution in [3.63, 3.8) is 0 Å². The Hall–Kier alpha value is -4.07. The van der Waals surface area contributed by atoms with Gasteiger partial charge in [-0.2, -0.15) is 0 Å². The first kappa shape index (κ1) is 21.8. The molecule has 1 saturated heterocycles. The lowest BCUT2D eigenvalue weighted by atomic mass is 9.85. The van der Waals surface area contributed by atoms with Gasteiger partial charge in [-0.1, -0.05) is 30.4 Å². The van der Waals surface area contributed by atoms with Crippen molar-refractivity contribution in [3.05, 3.63) is 77.9 Å². The van der Waals surface area contributed by atoms with Gasteiger partial charge >= 0.3 is 11.9 Å². The Morgan fingerprint density at radius 3 is 2.06 bits per heavy atom. The third kappa shape index (κ3) is 3.91. The number of rotatable bonds is 7. The minimum absolute atomic E-state index is 0.0592. The van der Waals surface area contributed by atoms with Crippen molar-refractivity contribution in [1.29, 1.82) is 0 Å². The van der Waals surface area contributed by atoms with Gasteiger partial charge in [0, 0.05) is 5.56 Å². The molecule has 0 radical (unpaired) electrons. The predicted octanol–water partition coefficient (Wildman–Crippen LogP) is 2.44. The number of ketones is 1. The number of likely N-dealkylation sites (tertiary alicyclic amines) is 1. The monoisotopic (exact) mass is 459 g/mol. The van der Waals surface area contributed by atoms with E-state index in [1.165, 1.54) is 24.3 Å². The number of ether oxygens (including phenoxy) is 2. The Balaban J connectivity index is 1.12. The average Bonchev–Trinajstić information content (AvgIpc) is 3.54. The lowest BCUT2D eigenvalue weighted by Gasteiger charge is -2.16. The fourth-order valence-corrected chi connectivity index (χ4v) is 4.97. The highest BCUT2D eigenvalue weighted by molar-refractivity contribution is 6.08. The normalized spacial score (nSPS) is 24.3. The zero-order chi connectivity index (χ0) is 23.8. The summed E-state index contributed by atoms with van der Waals surface area (Å²) in [5.41, 5.74) is 0.662. The summed E-state index contributed by atoms with van der Waals surface area (Å²) in [6.07, 6.45) is 4.76. The van der Waals surface area contributed by atoms with E-state index in [0.717, 1.165) is 11.3 Å². The molecule has 8 nitrogen and oxygen atoms in total. The van der Waals surface area contributed by atoms with E-state index in [1.54, 1.807) is 30.3 Å². The van der Waals surface area contributed by atoms with Gasteiger partial charge in [0.1, 0.15) is 12.3 Å². The second-order valence-electron chi connectivity index (χ2n) is 8.63. The molecular weight excluding hydrogens is 438 g/mol. The van der Waals surface area contributed by atoms with E-state index in [0.29, 0.717) is 5.56 Å². The van der Waals surface area contributed by atoms with Crippen molar-refractivity contribution in [1.82, 2.24) is 4.90 Å². The molecule has 34 heavy (non-hydrogen) atoms. The number of hydrogen-bond acceptors (Lipinski definition) is 7. The van der Waals surface area contributed by atoms with Crippen LogP contribution in [0.4, 0.5) is 0 Å². The van der Waals surface area contributed by atoms with Crippen LogP contribution in [-0.4, -0.2) is 47.6 Å². The summed E-state index contributed by atoms with van der Waals surface area (Å²) in [6, 6.07) is 14.4. The molecule has 2 aliphatic carbocycles. The zero-order valence-corrected chi connectivity index (χ0v) is 18.1. The first-order valence-electron chi connectivity index (χ1n) is 11.0. The van der Waals surface area contributed by atoms with Crippen LogP contribution in [0.5, 0.6) is 5.75 Å². The number of allylic oxidation sites excluding steroid dienone is 2. The molecule has 4 atom stereocenters. The maximum atomic E-state index is 12.6. The number of benzene rings is 2. The Bertz CT molecular complexity index is 1170. The van der Waals surface area contributed by atoms with Crippen LogP contribution in [0.3, 0.4) is 0 Å². The molecule has 2 aromatic rings.